The van der Waals surface area contributed by atoms with Crippen LogP contribution in [0, 0.1) is 11.8 Å². The quantitative estimate of drug-likeness (QED) is 0.917. The second kappa shape index (κ2) is 7.88. The number of amides is 1. The average Bonchev–Trinajstić information content (AvgIpc) is 2.82. The molecule has 1 aromatic heterocycles. The van der Waals surface area contributed by atoms with Crippen molar-refractivity contribution in [2.24, 2.45) is 11.8 Å². The van der Waals surface area contributed by atoms with E-state index in [2.05, 4.69) is 9.88 Å². The van der Waals surface area contributed by atoms with Crippen LogP contribution in [0.3, 0.4) is 0 Å². The van der Waals surface area contributed by atoms with Crippen molar-refractivity contribution in [1.82, 2.24) is 14.8 Å². The Morgan fingerprint density at radius 2 is 1.87 bits per heavy atom. The number of aliphatic hydroxyl groups is 1. The van der Waals surface area contributed by atoms with E-state index in [0.717, 1.165) is 26.2 Å². The van der Waals surface area contributed by atoms with Gasteiger partial charge >= 0.3 is 0 Å². The van der Waals surface area contributed by atoms with E-state index < -0.39 is 0 Å². The number of pyridine rings is 1. The van der Waals surface area contributed by atoms with E-state index in [4.69, 9.17) is 0 Å². The van der Waals surface area contributed by atoms with E-state index in [1.54, 1.807) is 12.3 Å². The summed E-state index contributed by atoms with van der Waals surface area (Å²) in [5, 5.41) is 9.72. The summed E-state index contributed by atoms with van der Waals surface area (Å²) in [5.41, 5.74) is 0.500. The number of rotatable bonds is 4. The second-order valence-electron chi connectivity index (χ2n) is 6.84. The van der Waals surface area contributed by atoms with Gasteiger partial charge in [0.1, 0.15) is 5.69 Å². The van der Waals surface area contributed by atoms with Crippen LogP contribution in [0.1, 0.15) is 36.2 Å². The Morgan fingerprint density at radius 3 is 2.52 bits per heavy atom. The first-order valence-corrected chi connectivity index (χ1v) is 8.81. The summed E-state index contributed by atoms with van der Waals surface area (Å²) in [5.74, 6) is 0.541. The van der Waals surface area contributed by atoms with Crippen LogP contribution in [0.4, 0.5) is 0 Å². The van der Waals surface area contributed by atoms with Gasteiger partial charge in [0.2, 0.25) is 0 Å². The molecule has 2 aliphatic rings. The molecule has 2 fully saturated rings. The molecule has 1 amide bonds. The zero-order chi connectivity index (χ0) is 16.1. The van der Waals surface area contributed by atoms with Gasteiger partial charge in [0.05, 0.1) is 0 Å². The maximum absolute atomic E-state index is 12.6. The van der Waals surface area contributed by atoms with Gasteiger partial charge in [-0.15, -0.1) is 0 Å². The van der Waals surface area contributed by atoms with Gasteiger partial charge in [0, 0.05) is 38.4 Å². The minimum Gasteiger partial charge on any atom is -0.396 e. The van der Waals surface area contributed by atoms with E-state index in [1.165, 1.54) is 25.7 Å². The van der Waals surface area contributed by atoms with E-state index in [1.807, 2.05) is 17.0 Å². The molecule has 2 atom stereocenters. The minimum absolute atomic E-state index is 0.0117. The Kier molecular flexibility index (Phi) is 5.62. The lowest BCUT2D eigenvalue weighted by Crippen LogP contribution is -2.35. The molecular weight excluding hydrogens is 290 g/mol. The summed E-state index contributed by atoms with van der Waals surface area (Å²) in [4.78, 5) is 21.1. The molecule has 0 aliphatic carbocycles. The smallest absolute Gasteiger partial charge is 0.272 e. The normalized spacial score (nSPS) is 26.2. The first-order chi connectivity index (χ1) is 11.3. The van der Waals surface area contributed by atoms with Crippen molar-refractivity contribution in [3.63, 3.8) is 0 Å². The van der Waals surface area contributed by atoms with Gasteiger partial charge in [0.25, 0.3) is 5.91 Å². The second-order valence-corrected chi connectivity index (χ2v) is 6.84. The van der Waals surface area contributed by atoms with Gasteiger partial charge in [-0.05, 0) is 44.0 Å². The zero-order valence-electron chi connectivity index (χ0n) is 13.7. The average molecular weight is 317 g/mol. The number of carbonyl (C=O) groups is 1. The lowest BCUT2D eigenvalue weighted by Gasteiger charge is -2.26. The summed E-state index contributed by atoms with van der Waals surface area (Å²) < 4.78 is 0. The number of carbonyl (C=O) groups excluding carboxylic acids is 1. The van der Waals surface area contributed by atoms with Crippen LogP contribution >= 0.6 is 0 Å². The van der Waals surface area contributed by atoms with Crippen LogP contribution in [0.15, 0.2) is 24.4 Å². The monoisotopic (exact) mass is 317 g/mol. The summed E-state index contributed by atoms with van der Waals surface area (Å²) in [7, 11) is 0. The highest BCUT2D eigenvalue weighted by atomic mass is 16.3. The standard InChI is InChI=1S/C18H27N3O2/c22-14-16-13-21(18(23)17-7-3-4-8-19-17)12-15(16)11-20-9-5-1-2-6-10-20/h3-4,7-8,15-16,22H,1-2,5-6,9-14H2/t15-,16-/m0/s1. The Labute approximate surface area is 138 Å². The Balaban J connectivity index is 1.62. The Morgan fingerprint density at radius 1 is 1.13 bits per heavy atom. The number of aliphatic hydroxyl groups excluding tert-OH is 1. The maximum Gasteiger partial charge on any atom is 0.272 e. The molecule has 0 radical (unpaired) electrons. The molecule has 0 bridgehead atoms. The van der Waals surface area contributed by atoms with Gasteiger partial charge in [-0.2, -0.15) is 0 Å². The third-order valence-electron chi connectivity index (χ3n) is 5.17. The van der Waals surface area contributed by atoms with E-state index >= 15 is 0 Å². The predicted octanol–water partition coefficient (Wildman–Crippen LogP) is 1.64. The highest BCUT2D eigenvalue weighted by Crippen LogP contribution is 2.26. The molecule has 126 valence electrons. The van der Waals surface area contributed by atoms with Crippen LogP contribution in [0.2, 0.25) is 0 Å². The van der Waals surface area contributed by atoms with Gasteiger partial charge < -0.3 is 14.9 Å². The molecule has 0 saturated carbocycles. The molecule has 5 nitrogen and oxygen atoms in total. The van der Waals surface area contributed by atoms with Gasteiger partial charge in [-0.1, -0.05) is 18.9 Å². The molecule has 2 aliphatic heterocycles. The van der Waals surface area contributed by atoms with Gasteiger partial charge in [0.15, 0.2) is 0 Å². The highest BCUT2D eigenvalue weighted by molar-refractivity contribution is 5.92. The highest BCUT2D eigenvalue weighted by Gasteiger charge is 2.36. The summed E-state index contributed by atoms with van der Waals surface area (Å²) >= 11 is 0. The van der Waals surface area contributed by atoms with Crippen molar-refractivity contribution < 1.29 is 9.90 Å². The van der Waals surface area contributed by atoms with Gasteiger partial charge in [-0.3, -0.25) is 9.78 Å². The fraction of sp³-hybridized carbons (Fsp3) is 0.667. The maximum atomic E-state index is 12.6. The molecular formula is C18H27N3O2. The van der Waals surface area contributed by atoms with Crippen molar-refractivity contribution in [2.75, 3.05) is 39.3 Å². The lowest BCUT2D eigenvalue weighted by molar-refractivity contribution is 0.0773. The van der Waals surface area contributed by atoms with Crippen molar-refractivity contribution in [3.8, 4) is 0 Å². The van der Waals surface area contributed by atoms with Crippen molar-refractivity contribution >= 4 is 5.91 Å². The van der Waals surface area contributed by atoms with Crippen molar-refractivity contribution in [1.29, 1.82) is 0 Å². The van der Waals surface area contributed by atoms with E-state index in [9.17, 15) is 9.90 Å². The molecule has 1 N–H and O–H groups in total. The predicted molar refractivity (Wildman–Crippen MR) is 89.1 cm³/mol. The van der Waals surface area contributed by atoms with Crippen LogP contribution in [0.25, 0.3) is 0 Å². The number of hydrogen-bond donors (Lipinski definition) is 1. The van der Waals surface area contributed by atoms with Crippen LogP contribution in [-0.4, -0.2) is 65.1 Å². The number of hydrogen-bond acceptors (Lipinski definition) is 4. The molecule has 0 aromatic carbocycles. The molecule has 1 aromatic rings. The summed E-state index contributed by atoms with van der Waals surface area (Å²) in [6, 6.07) is 5.42. The Bertz CT molecular complexity index is 500. The molecule has 5 heteroatoms. The SMILES string of the molecule is O=C(c1ccccn1)N1C[C@@H](CO)[C@@H](CN2CCCCCC2)C1. The fourth-order valence-electron chi connectivity index (χ4n) is 3.82. The molecule has 0 spiro atoms. The molecule has 2 saturated heterocycles. The summed E-state index contributed by atoms with van der Waals surface area (Å²) in [6.45, 7) is 4.84. The third kappa shape index (κ3) is 4.09. The molecule has 23 heavy (non-hydrogen) atoms. The third-order valence-corrected chi connectivity index (χ3v) is 5.17. The first kappa shape index (κ1) is 16.4. The van der Waals surface area contributed by atoms with Crippen LogP contribution in [0.5, 0.6) is 0 Å². The fourth-order valence-corrected chi connectivity index (χ4v) is 3.82. The van der Waals surface area contributed by atoms with Crippen LogP contribution < -0.4 is 0 Å². The number of nitrogens with zero attached hydrogens (tertiary/aromatic N) is 3. The topological polar surface area (TPSA) is 56.7 Å². The molecule has 3 heterocycles. The molecule has 3 rings (SSSR count). The first-order valence-electron chi connectivity index (χ1n) is 8.81. The van der Waals surface area contributed by atoms with E-state index in [0.29, 0.717) is 18.2 Å². The largest absolute Gasteiger partial charge is 0.396 e. The van der Waals surface area contributed by atoms with E-state index in [-0.39, 0.29) is 18.4 Å². The number of likely N-dealkylation sites (tertiary alicyclic amines) is 2. The summed E-state index contributed by atoms with van der Waals surface area (Å²) in [6.07, 6.45) is 6.85. The lowest BCUT2D eigenvalue weighted by atomic mass is 9.96. The minimum atomic E-state index is -0.0117. The Hall–Kier alpha value is -1.46. The van der Waals surface area contributed by atoms with Crippen molar-refractivity contribution in [2.45, 2.75) is 25.7 Å². The zero-order valence-corrected chi connectivity index (χ0v) is 13.7. The number of aromatic nitrogens is 1. The molecule has 0 unspecified atom stereocenters. The van der Waals surface area contributed by atoms with Crippen LogP contribution in [-0.2, 0) is 0 Å². The van der Waals surface area contributed by atoms with Gasteiger partial charge in [-0.25, -0.2) is 0 Å². The van der Waals surface area contributed by atoms with Crippen molar-refractivity contribution in [3.05, 3.63) is 30.1 Å².